The molecular formula is C15H15N3O. The average Bonchev–Trinajstić information content (AvgIpc) is 2.77. The van der Waals surface area contributed by atoms with E-state index in [1.165, 1.54) is 0 Å². The molecule has 0 aliphatic rings. The number of nitrogens with one attached hydrogen (secondary N) is 1. The molecule has 96 valence electrons. The van der Waals surface area contributed by atoms with Gasteiger partial charge in [-0.2, -0.15) is 0 Å². The summed E-state index contributed by atoms with van der Waals surface area (Å²) in [6, 6.07) is 15.4. The molecular weight excluding hydrogens is 238 g/mol. The molecule has 0 unspecified atom stereocenters. The van der Waals surface area contributed by atoms with Crippen LogP contribution in [-0.4, -0.2) is 23.9 Å². The molecule has 0 saturated heterocycles. The van der Waals surface area contributed by atoms with Crippen molar-refractivity contribution in [2.45, 2.75) is 0 Å². The molecule has 4 nitrogen and oxygen atoms in total. The van der Waals surface area contributed by atoms with E-state index >= 15 is 0 Å². The minimum absolute atomic E-state index is 0.0202. The van der Waals surface area contributed by atoms with E-state index in [1.54, 1.807) is 4.68 Å². The van der Waals surface area contributed by atoms with Crippen LogP contribution in [-0.2, 0) is 0 Å². The molecule has 3 aromatic rings. The van der Waals surface area contributed by atoms with Crippen LogP contribution in [0.15, 0.2) is 53.3 Å². The van der Waals surface area contributed by atoms with Crippen molar-refractivity contribution < 1.29 is 0 Å². The Bertz CT molecular complexity index is 766. The van der Waals surface area contributed by atoms with Gasteiger partial charge < -0.3 is 4.90 Å². The van der Waals surface area contributed by atoms with E-state index in [2.05, 4.69) is 5.10 Å². The van der Waals surface area contributed by atoms with E-state index in [-0.39, 0.29) is 5.56 Å². The predicted octanol–water partition coefficient (Wildman–Crippen LogP) is 2.38. The molecule has 1 N–H and O–H groups in total. The Morgan fingerprint density at radius 2 is 1.68 bits per heavy atom. The Hall–Kier alpha value is -2.49. The summed E-state index contributed by atoms with van der Waals surface area (Å²) in [6.45, 7) is 0. The van der Waals surface area contributed by atoms with E-state index in [0.717, 1.165) is 16.9 Å². The van der Waals surface area contributed by atoms with Gasteiger partial charge in [0.15, 0.2) is 0 Å². The number of aromatic nitrogens is 2. The molecule has 0 amide bonds. The van der Waals surface area contributed by atoms with Gasteiger partial charge in [-0.3, -0.25) is 9.89 Å². The van der Waals surface area contributed by atoms with Gasteiger partial charge in [-0.1, -0.05) is 12.1 Å². The summed E-state index contributed by atoms with van der Waals surface area (Å²) in [5, 5.41) is 3.83. The average molecular weight is 253 g/mol. The maximum absolute atomic E-state index is 12.3. The fourth-order valence-corrected chi connectivity index (χ4v) is 2.14. The molecule has 0 bridgehead atoms. The SMILES string of the molecule is CN(C)c1ccc(-n2[nH]c3ccccc3c2=O)cc1. The third-order valence-corrected chi connectivity index (χ3v) is 3.22. The maximum Gasteiger partial charge on any atom is 0.279 e. The van der Waals surface area contributed by atoms with Gasteiger partial charge in [0.05, 0.1) is 16.6 Å². The second-order valence-electron chi connectivity index (χ2n) is 4.71. The first-order valence-electron chi connectivity index (χ1n) is 6.14. The highest BCUT2D eigenvalue weighted by molar-refractivity contribution is 5.78. The summed E-state index contributed by atoms with van der Waals surface area (Å²) in [6.07, 6.45) is 0. The fraction of sp³-hybridized carbons (Fsp3) is 0.133. The highest BCUT2D eigenvalue weighted by atomic mass is 16.1. The van der Waals surface area contributed by atoms with E-state index in [4.69, 9.17) is 0 Å². The van der Waals surface area contributed by atoms with E-state index in [9.17, 15) is 4.79 Å². The van der Waals surface area contributed by atoms with Crippen molar-refractivity contribution in [3.63, 3.8) is 0 Å². The fourth-order valence-electron chi connectivity index (χ4n) is 2.14. The number of H-pyrrole nitrogens is 1. The molecule has 0 fully saturated rings. The molecule has 19 heavy (non-hydrogen) atoms. The summed E-state index contributed by atoms with van der Waals surface area (Å²) in [4.78, 5) is 14.3. The number of para-hydroxylation sites is 1. The topological polar surface area (TPSA) is 41.0 Å². The molecule has 0 aliphatic carbocycles. The number of hydrogen-bond donors (Lipinski definition) is 1. The summed E-state index contributed by atoms with van der Waals surface area (Å²) in [5.74, 6) is 0. The van der Waals surface area contributed by atoms with Crippen molar-refractivity contribution >= 4 is 16.6 Å². The van der Waals surface area contributed by atoms with Crippen molar-refractivity contribution in [1.29, 1.82) is 0 Å². The Morgan fingerprint density at radius 3 is 2.32 bits per heavy atom. The van der Waals surface area contributed by atoms with Crippen LogP contribution in [0.25, 0.3) is 16.6 Å². The second kappa shape index (κ2) is 4.31. The first-order chi connectivity index (χ1) is 9.16. The maximum atomic E-state index is 12.3. The Balaban J connectivity index is 2.14. The van der Waals surface area contributed by atoms with Crippen LogP contribution in [0.5, 0.6) is 0 Å². The summed E-state index contributed by atoms with van der Waals surface area (Å²) in [5.41, 5.74) is 2.78. The molecule has 3 rings (SSSR count). The van der Waals surface area contributed by atoms with Gasteiger partial charge in [-0.25, -0.2) is 4.68 Å². The van der Waals surface area contributed by atoms with E-state index < -0.39 is 0 Å². The van der Waals surface area contributed by atoms with Crippen LogP contribution in [0.1, 0.15) is 0 Å². The Morgan fingerprint density at radius 1 is 1.00 bits per heavy atom. The van der Waals surface area contributed by atoms with E-state index in [1.807, 2.05) is 67.5 Å². The van der Waals surface area contributed by atoms with Crippen LogP contribution in [0.4, 0.5) is 5.69 Å². The quantitative estimate of drug-likeness (QED) is 0.762. The molecule has 0 aliphatic heterocycles. The number of rotatable bonds is 2. The first kappa shape index (κ1) is 11.6. The molecule has 4 heteroatoms. The lowest BCUT2D eigenvalue weighted by atomic mass is 10.2. The summed E-state index contributed by atoms with van der Waals surface area (Å²) >= 11 is 0. The zero-order valence-electron chi connectivity index (χ0n) is 10.9. The van der Waals surface area contributed by atoms with Gasteiger partial charge in [0.2, 0.25) is 0 Å². The van der Waals surface area contributed by atoms with Gasteiger partial charge in [0.25, 0.3) is 5.56 Å². The lowest BCUT2D eigenvalue weighted by molar-refractivity contribution is 0.863. The van der Waals surface area contributed by atoms with Crippen LogP contribution >= 0.6 is 0 Å². The largest absolute Gasteiger partial charge is 0.378 e. The number of hydrogen-bond acceptors (Lipinski definition) is 2. The number of fused-ring (bicyclic) bond motifs is 1. The Kier molecular flexibility index (Phi) is 2.63. The molecule has 0 saturated carbocycles. The van der Waals surface area contributed by atoms with Crippen LogP contribution < -0.4 is 10.5 Å². The lowest BCUT2D eigenvalue weighted by Gasteiger charge is -2.12. The second-order valence-corrected chi connectivity index (χ2v) is 4.71. The van der Waals surface area contributed by atoms with Gasteiger partial charge in [-0.05, 0) is 36.4 Å². The summed E-state index contributed by atoms with van der Waals surface area (Å²) in [7, 11) is 3.98. The summed E-state index contributed by atoms with van der Waals surface area (Å²) < 4.78 is 1.57. The predicted molar refractivity (Wildman–Crippen MR) is 78.2 cm³/mol. The highest BCUT2D eigenvalue weighted by Gasteiger charge is 2.07. The van der Waals surface area contributed by atoms with E-state index in [0.29, 0.717) is 5.39 Å². The minimum Gasteiger partial charge on any atom is -0.378 e. The first-order valence-corrected chi connectivity index (χ1v) is 6.14. The smallest absolute Gasteiger partial charge is 0.279 e. The van der Waals surface area contributed by atoms with Gasteiger partial charge in [0, 0.05) is 19.8 Å². The minimum atomic E-state index is -0.0202. The number of aromatic amines is 1. The van der Waals surface area contributed by atoms with Crippen LogP contribution in [0.2, 0.25) is 0 Å². The van der Waals surface area contributed by atoms with Gasteiger partial charge in [-0.15, -0.1) is 0 Å². The number of nitrogens with zero attached hydrogens (tertiary/aromatic N) is 2. The van der Waals surface area contributed by atoms with Crippen molar-refractivity contribution in [1.82, 2.24) is 9.78 Å². The molecule has 1 aromatic heterocycles. The third kappa shape index (κ3) is 1.91. The van der Waals surface area contributed by atoms with Crippen molar-refractivity contribution in [2.24, 2.45) is 0 Å². The van der Waals surface area contributed by atoms with Crippen LogP contribution in [0, 0.1) is 0 Å². The molecule has 0 radical (unpaired) electrons. The van der Waals surface area contributed by atoms with Crippen molar-refractivity contribution in [3.05, 3.63) is 58.9 Å². The number of benzene rings is 2. The monoisotopic (exact) mass is 253 g/mol. The molecule has 0 spiro atoms. The molecule has 2 aromatic carbocycles. The van der Waals surface area contributed by atoms with Gasteiger partial charge >= 0.3 is 0 Å². The number of anilines is 1. The van der Waals surface area contributed by atoms with Gasteiger partial charge in [0.1, 0.15) is 0 Å². The highest BCUT2D eigenvalue weighted by Crippen LogP contribution is 2.15. The van der Waals surface area contributed by atoms with Crippen LogP contribution in [0.3, 0.4) is 0 Å². The third-order valence-electron chi connectivity index (χ3n) is 3.22. The standard InChI is InChI=1S/C15H15N3O/c1-17(2)11-7-9-12(10-8-11)18-15(19)13-5-3-4-6-14(13)16-18/h3-10,16H,1-2H3. The van der Waals surface area contributed by atoms with Crippen molar-refractivity contribution in [3.8, 4) is 5.69 Å². The lowest BCUT2D eigenvalue weighted by Crippen LogP contribution is -2.14. The molecule has 1 heterocycles. The molecule has 0 atom stereocenters. The van der Waals surface area contributed by atoms with Crippen molar-refractivity contribution in [2.75, 3.05) is 19.0 Å². The Labute approximate surface area is 110 Å². The zero-order chi connectivity index (χ0) is 13.4. The normalized spacial score (nSPS) is 10.8. The zero-order valence-corrected chi connectivity index (χ0v) is 10.9.